The van der Waals surface area contributed by atoms with E-state index in [0.717, 1.165) is 4.47 Å². The van der Waals surface area contributed by atoms with Crippen molar-refractivity contribution in [1.29, 1.82) is 5.26 Å². The molecule has 0 aliphatic rings. The largest absolute Gasteiger partial charge is 0.573 e. The zero-order valence-corrected chi connectivity index (χ0v) is 11.5. The first-order valence-electron chi connectivity index (χ1n) is 5.45. The van der Waals surface area contributed by atoms with Crippen LogP contribution >= 0.6 is 15.9 Å². The highest BCUT2D eigenvalue weighted by atomic mass is 79.9. The number of hydrogen-bond donors (Lipinski definition) is 0. The number of halogens is 4. The second-order valence-electron chi connectivity index (χ2n) is 3.87. The number of nitrogens with zero attached hydrogens (tertiary/aromatic N) is 1. The molecule has 0 amide bonds. The molecule has 2 aromatic carbocycles. The van der Waals surface area contributed by atoms with Gasteiger partial charge in [0.25, 0.3) is 0 Å². The summed E-state index contributed by atoms with van der Waals surface area (Å²) in [5, 5.41) is 9.04. The van der Waals surface area contributed by atoms with E-state index in [0.29, 0.717) is 16.7 Å². The molecule has 0 saturated heterocycles. The smallest absolute Gasteiger partial charge is 0.406 e. The van der Waals surface area contributed by atoms with E-state index >= 15 is 0 Å². The summed E-state index contributed by atoms with van der Waals surface area (Å²) in [6.07, 6.45) is -4.71. The van der Waals surface area contributed by atoms with Crippen molar-refractivity contribution in [3.8, 4) is 22.9 Å². The molecule has 0 spiro atoms. The normalized spacial score (nSPS) is 10.9. The Bertz CT molecular complexity index is 660. The Morgan fingerprint density at radius 1 is 1.05 bits per heavy atom. The van der Waals surface area contributed by atoms with Gasteiger partial charge in [-0.25, -0.2) is 0 Å². The highest BCUT2D eigenvalue weighted by Gasteiger charge is 2.30. The van der Waals surface area contributed by atoms with Gasteiger partial charge in [0, 0.05) is 10.0 Å². The summed E-state index contributed by atoms with van der Waals surface area (Å²) in [6.45, 7) is 0. The van der Waals surface area contributed by atoms with E-state index in [9.17, 15) is 13.2 Å². The Morgan fingerprint density at radius 3 is 2.25 bits per heavy atom. The van der Waals surface area contributed by atoms with Crippen LogP contribution in [0.1, 0.15) is 5.56 Å². The summed E-state index contributed by atoms with van der Waals surface area (Å²) in [5.41, 5.74) is 1.72. The minimum atomic E-state index is -4.71. The lowest BCUT2D eigenvalue weighted by Gasteiger charge is -2.10. The van der Waals surface area contributed by atoms with E-state index in [4.69, 9.17) is 5.26 Å². The number of rotatable bonds is 2. The highest BCUT2D eigenvalue weighted by molar-refractivity contribution is 9.10. The van der Waals surface area contributed by atoms with E-state index in [1.165, 1.54) is 24.3 Å². The van der Waals surface area contributed by atoms with E-state index in [-0.39, 0.29) is 5.75 Å². The van der Waals surface area contributed by atoms with Crippen molar-refractivity contribution in [3.63, 3.8) is 0 Å². The number of nitriles is 1. The predicted octanol–water partition coefficient (Wildman–Crippen LogP) is 4.89. The number of benzene rings is 2. The van der Waals surface area contributed by atoms with E-state index < -0.39 is 6.36 Å². The third-order valence-corrected chi connectivity index (χ3v) is 2.99. The quantitative estimate of drug-likeness (QED) is 0.779. The molecule has 2 nitrogen and oxygen atoms in total. The molecule has 20 heavy (non-hydrogen) atoms. The van der Waals surface area contributed by atoms with Gasteiger partial charge in [-0.2, -0.15) is 5.26 Å². The molecule has 0 aliphatic carbocycles. The molecule has 0 N–H and O–H groups in total. The van der Waals surface area contributed by atoms with Crippen molar-refractivity contribution in [2.75, 3.05) is 0 Å². The molecule has 0 radical (unpaired) electrons. The zero-order chi connectivity index (χ0) is 14.8. The number of ether oxygens (including phenoxy) is 1. The standard InChI is InChI=1S/C14H7BrF3NO/c15-11-4-1-10(8-19)13(7-11)9-2-5-12(6-3-9)20-14(16,17)18/h1-7H. The predicted molar refractivity (Wildman–Crippen MR) is 71.0 cm³/mol. The fourth-order valence-electron chi connectivity index (χ4n) is 1.69. The van der Waals surface area contributed by atoms with Gasteiger partial charge in [-0.15, -0.1) is 13.2 Å². The van der Waals surface area contributed by atoms with Crippen LogP contribution in [0.2, 0.25) is 0 Å². The van der Waals surface area contributed by atoms with Crippen molar-refractivity contribution >= 4 is 15.9 Å². The van der Waals surface area contributed by atoms with Crippen molar-refractivity contribution in [1.82, 2.24) is 0 Å². The second-order valence-corrected chi connectivity index (χ2v) is 4.79. The SMILES string of the molecule is N#Cc1ccc(Br)cc1-c1ccc(OC(F)(F)F)cc1. The van der Waals surface area contributed by atoms with E-state index in [1.54, 1.807) is 18.2 Å². The fourth-order valence-corrected chi connectivity index (χ4v) is 2.05. The van der Waals surface area contributed by atoms with Crippen LogP contribution in [0.15, 0.2) is 46.9 Å². The number of alkyl halides is 3. The van der Waals surface area contributed by atoms with Crippen LogP contribution in [0.4, 0.5) is 13.2 Å². The second kappa shape index (κ2) is 5.55. The van der Waals surface area contributed by atoms with Crippen LogP contribution in [0, 0.1) is 11.3 Å². The van der Waals surface area contributed by atoms with E-state index in [1.807, 2.05) is 6.07 Å². The molecule has 0 fully saturated rings. The van der Waals surface area contributed by atoms with Gasteiger partial charge in [-0.1, -0.05) is 28.1 Å². The molecule has 0 unspecified atom stereocenters. The molecule has 0 aromatic heterocycles. The average Bonchev–Trinajstić information content (AvgIpc) is 2.38. The molecular weight excluding hydrogens is 335 g/mol. The summed E-state index contributed by atoms with van der Waals surface area (Å²) >= 11 is 3.29. The molecule has 2 aromatic rings. The molecular formula is C14H7BrF3NO. The first kappa shape index (κ1) is 14.4. The van der Waals surface area contributed by atoms with Crippen LogP contribution in [0.3, 0.4) is 0 Å². The van der Waals surface area contributed by atoms with Crippen molar-refractivity contribution in [3.05, 3.63) is 52.5 Å². The molecule has 102 valence electrons. The van der Waals surface area contributed by atoms with Gasteiger partial charge in [-0.05, 0) is 35.9 Å². The Labute approximate surface area is 121 Å². The van der Waals surface area contributed by atoms with Crippen LogP contribution in [-0.2, 0) is 0 Å². The van der Waals surface area contributed by atoms with Gasteiger partial charge in [0.15, 0.2) is 0 Å². The van der Waals surface area contributed by atoms with Crippen molar-refractivity contribution in [2.45, 2.75) is 6.36 Å². The van der Waals surface area contributed by atoms with Gasteiger partial charge in [-0.3, -0.25) is 0 Å². The van der Waals surface area contributed by atoms with Crippen LogP contribution in [0.5, 0.6) is 5.75 Å². The maximum atomic E-state index is 12.1. The van der Waals surface area contributed by atoms with Crippen molar-refractivity contribution < 1.29 is 17.9 Å². The van der Waals surface area contributed by atoms with Gasteiger partial charge >= 0.3 is 6.36 Å². The Morgan fingerprint density at radius 2 is 1.70 bits per heavy atom. The first-order chi connectivity index (χ1) is 9.39. The number of hydrogen-bond acceptors (Lipinski definition) is 2. The first-order valence-corrected chi connectivity index (χ1v) is 6.24. The summed E-state index contributed by atoms with van der Waals surface area (Å²) < 4.78 is 40.8. The van der Waals surface area contributed by atoms with Crippen LogP contribution in [0.25, 0.3) is 11.1 Å². The summed E-state index contributed by atoms with van der Waals surface area (Å²) in [5.74, 6) is -0.297. The summed E-state index contributed by atoms with van der Waals surface area (Å²) in [6, 6.07) is 12.5. The van der Waals surface area contributed by atoms with Gasteiger partial charge < -0.3 is 4.74 Å². The third-order valence-electron chi connectivity index (χ3n) is 2.50. The molecule has 0 saturated carbocycles. The lowest BCUT2D eigenvalue weighted by molar-refractivity contribution is -0.274. The lowest BCUT2D eigenvalue weighted by atomic mass is 10.0. The maximum Gasteiger partial charge on any atom is 0.573 e. The van der Waals surface area contributed by atoms with Crippen LogP contribution < -0.4 is 4.74 Å². The summed E-state index contributed by atoms with van der Waals surface area (Å²) in [7, 11) is 0. The minimum Gasteiger partial charge on any atom is -0.406 e. The zero-order valence-electron chi connectivity index (χ0n) is 9.91. The highest BCUT2D eigenvalue weighted by Crippen LogP contribution is 2.30. The molecule has 0 heterocycles. The molecule has 0 atom stereocenters. The summed E-state index contributed by atoms with van der Waals surface area (Å²) in [4.78, 5) is 0. The molecule has 6 heteroatoms. The lowest BCUT2D eigenvalue weighted by Crippen LogP contribution is -2.16. The van der Waals surface area contributed by atoms with Crippen molar-refractivity contribution in [2.24, 2.45) is 0 Å². The monoisotopic (exact) mass is 341 g/mol. The fraction of sp³-hybridized carbons (Fsp3) is 0.0714. The Hall–Kier alpha value is -2.00. The van der Waals surface area contributed by atoms with E-state index in [2.05, 4.69) is 20.7 Å². The topological polar surface area (TPSA) is 33.0 Å². The third kappa shape index (κ3) is 3.52. The average molecular weight is 342 g/mol. The van der Waals surface area contributed by atoms with Gasteiger partial charge in [0.2, 0.25) is 0 Å². The minimum absolute atomic E-state index is 0.297. The Kier molecular flexibility index (Phi) is 4.00. The molecule has 0 aliphatic heterocycles. The maximum absolute atomic E-state index is 12.1. The molecule has 2 rings (SSSR count). The van der Waals surface area contributed by atoms with Gasteiger partial charge in [0.1, 0.15) is 5.75 Å². The Balaban J connectivity index is 2.36. The molecule has 0 bridgehead atoms. The van der Waals surface area contributed by atoms with Crippen LogP contribution in [-0.4, -0.2) is 6.36 Å². The van der Waals surface area contributed by atoms with Gasteiger partial charge in [0.05, 0.1) is 11.6 Å².